The third kappa shape index (κ3) is 3.35. The van der Waals surface area contributed by atoms with Gasteiger partial charge in [0.25, 0.3) is 0 Å². The molecule has 0 saturated carbocycles. The van der Waals surface area contributed by atoms with Crippen molar-refractivity contribution in [3.8, 4) is 11.6 Å². The highest BCUT2D eigenvalue weighted by molar-refractivity contribution is 9.10. The molecule has 0 unspecified atom stereocenters. The van der Waals surface area contributed by atoms with Crippen LogP contribution in [0.3, 0.4) is 0 Å². The first-order valence-corrected chi connectivity index (χ1v) is 7.12. The molecule has 0 aliphatic carbocycles. The molecule has 0 atom stereocenters. The van der Waals surface area contributed by atoms with Gasteiger partial charge in [-0.3, -0.25) is 0 Å². The summed E-state index contributed by atoms with van der Waals surface area (Å²) >= 11 is 3.45. The van der Waals surface area contributed by atoms with Gasteiger partial charge in [-0.15, -0.1) is 0 Å². The Labute approximate surface area is 126 Å². The van der Waals surface area contributed by atoms with Crippen LogP contribution in [0.4, 0.5) is 4.39 Å². The predicted octanol–water partition coefficient (Wildman–Crippen LogP) is 4.36. The molecule has 2 aromatic rings. The van der Waals surface area contributed by atoms with Crippen molar-refractivity contribution in [2.45, 2.75) is 26.3 Å². The van der Waals surface area contributed by atoms with Gasteiger partial charge in [0.1, 0.15) is 11.6 Å². The van der Waals surface area contributed by atoms with Crippen LogP contribution >= 0.6 is 15.9 Å². The minimum absolute atomic E-state index is 0.174. The summed E-state index contributed by atoms with van der Waals surface area (Å²) in [5.74, 6) is 0.928. The summed E-state index contributed by atoms with van der Waals surface area (Å²) in [5.41, 5.74) is 7.19. The van der Waals surface area contributed by atoms with E-state index in [0.717, 1.165) is 16.2 Å². The summed E-state index contributed by atoms with van der Waals surface area (Å²) in [6.07, 6.45) is 1.13. The quantitative estimate of drug-likeness (QED) is 0.900. The molecule has 0 radical (unpaired) electrons. The molecular weight excluding hydrogens is 323 g/mol. The molecule has 106 valence electrons. The number of rotatable bonds is 4. The molecule has 1 heterocycles. The van der Waals surface area contributed by atoms with E-state index in [2.05, 4.69) is 34.8 Å². The summed E-state index contributed by atoms with van der Waals surface area (Å²) in [6, 6.07) is 7.11. The van der Waals surface area contributed by atoms with Gasteiger partial charge in [-0.05, 0) is 35.7 Å². The molecule has 1 aromatic heterocycles. The smallest absolute Gasteiger partial charge is 0.223 e. The third-order valence-corrected chi connectivity index (χ3v) is 3.41. The SMILES string of the molecule is CC(C)c1cc(Br)ccc1Oc1ncc(F)cc1CN. The molecule has 2 rings (SSSR count). The molecule has 0 fully saturated rings. The third-order valence-electron chi connectivity index (χ3n) is 2.91. The van der Waals surface area contributed by atoms with Crippen molar-refractivity contribution in [1.29, 1.82) is 0 Å². The summed E-state index contributed by atoms with van der Waals surface area (Å²) in [5, 5.41) is 0. The van der Waals surface area contributed by atoms with Gasteiger partial charge >= 0.3 is 0 Å². The average Bonchev–Trinajstić information content (AvgIpc) is 2.42. The Balaban J connectivity index is 2.39. The lowest BCUT2D eigenvalue weighted by molar-refractivity contribution is 0.444. The highest BCUT2D eigenvalue weighted by Crippen LogP contribution is 2.33. The van der Waals surface area contributed by atoms with E-state index in [4.69, 9.17) is 10.5 Å². The molecule has 3 nitrogen and oxygen atoms in total. The second-order valence-electron chi connectivity index (χ2n) is 4.76. The standard InChI is InChI=1S/C15H16BrFN2O/c1-9(2)13-6-11(16)3-4-14(13)20-15-10(7-18)5-12(17)8-19-15/h3-6,8-9H,7,18H2,1-2H3. The number of aromatic nitrogens is 1. The van der Waals surface area contributed by atoms with Crippen molar-refractivity contribution in [2.75, 3.05) is 0 Å². The molecule has 0 aliphatic heterocycles. The summed E-state index contributed by atoms with van der Waals surface area (Å²) in [4.78, 5) is 3.98. The van der Waals surface area contributed by atoms with Crippen LogP contribution in [-0.2, 0) is 6.54 Å². The van der Waals surface area contributed by atoms with E-state index < -0.39 is 5.82 Å². The van der Waals surface area contributed by atoms with E-state index in [-0.39, 0.29) is 6.54 Å². The lowest BCUT2D eigenvalue weighted by Crippen LogP contribution is -2.03. The van der Waals surface area contributed by atoms with Gasteiger partial charge in [0.2, 0.25) is 5.88 Å². The van der Waals surface area contributed by atoms with E-state index in [9.17, 15) is 4.39 Å². The highest BCUT2D eigenvalue weighted by atomic mass is 79.9. The topological polar surface area (TPSA) is 48.1 Å². The first-order chi connectivity index (χ1) is 9.51. The van der Waals surface area contributed by atoms with Gasteiger partial charge in [-0.2, -0.15) is 0 Å². The maximum atomic E-state index is 13.2. The maximum absolute atomic E-state index is 13.2. The van der Waals surface area contributed by atoms with Gasteiger partial charge in [0, 0.05) is 16.6 Å². The van der Waals surface area contributed by atoms with Crippen molar-refractivity contribution >= 4 is 15.9 Å². The van der Waals surface area contributed by atoms with Crippen LogP contribution in [0.5, 0.6) is 11.6 Å². The van der Waals surface area contributed by atoms with E-state index in [1.165, 1.54) is 6.07 Å². The number of ether oxygens (including phenoxy) is 1. The molecule has 0 spiro atoms. The number of hydrogen-bond donors (Lipinski definition) is 1. The summed E-state index contributed by atoms with van der Waals surface area (Å²) < 4.78 is 20.0. The highest BCUT2D eigenvalue weighted by Gasteiger charge is 2.13. The number of halogens is 2. The largest absolute Gasteiger partial charge is 0.438 e. The zero-order chi connectivity index (χ0) is 14.7. The summed E-state index contributed by atoms with van der Waals surface area (Å²) in [6.45, 7) is 4.33. The first kappa shape index (κ1) is 14.9. The van der Waals surface area contributed by atoms with Gasteiger partial charge in [-0.25, -0.2) is 9.37 Å². The molecule has 0 bridgehead atoms. The van der Waals surface area contributed by atoms with Crippen LogP contribution in [-0.4, -0.2) is 4.98 Å². The van der Waals surface area contributed by atoms with Crippen LogP contribution in [0.25, 0.3) is 0 Å². The second kappa shape index (κ2) is 6.33. The van der Waals surface area contributed by atoms with Crippen molar-refractivity contribution in [2.24, 2.45) is 5.73 Å². The van der Waals surface area contributed by atoms with Gasteiger partial charge in [0.05, 0.1) is 6.20 Å². The molecule has 2 N–H and O–H groups in total. The average molecular weight is 339 g/mol. The molecule has 0 aliphatic rings. The van der Waals surface area contributed by atoms with Crippen LogP contribution in [0, 0.1) is 5.82 Å². The summed E-state index contributed by atoms with van der Waals surface area (Å²) in [7, 11) is 0. The molecule has 1 aromatic carbocycles. The predicted molar refractivity (Wildman–Crippen MR) is 80.4 cm³/mol. The number of nitrogens with zero attached hydrogens (tertiary/aromatic N) is 1. The molecule has 0 saturated heterocycles. The monoisotopic (exact) mass is 338 g/mol. The second-order valence-corrected chi connectivity index (χ2v) is 5.68. The van der Waals surface area contributed by atoms with Crippen LogP contribution in [0.15, 0.2) is 34.9 Å². The zero-order valence-electron chi connectivity index (χ0n) is 11.4. The Bertz CT molecular complexity index is 617. The first-order valence-electron chi connectivity index (χ1n) is 6.33. The van der Waals surface area contributed by atoms with Crippen molar-refractivity contribution in [1.82, 2.24) is 4.98 Å². The fraction of sp³-hybridized carbons (Fsp3) is 0.267. The van der Waals surface area contributed by atoms with Crippen LogP contribution in [0.2, 0.25) is 0 Å². The molecule has 20 heavy (non-hydrogen) atoms. The minimum Gasteiger partial charge on any atom is -0.438 e. The molecule has 0 amide bonds. The van der Waals surface area contributed by atoms with Crippen molar-refractivity contribution in [3.05, 3.63) is 51.9 Å². The number of nitrogens with two attached hydrogens (primary N) is 1. The van der Waals surface area contributed by atoms with Crippen LogP contribution < -0.4 is 10.5 Å². The van der Waals surface area contributed by atoms with Crippen LogP contribution in [0.1, 0.15) is 30.9 Å². The maximum Gasteiger partial charge on any atom is 0.223 e. The Morgan fingerprint density at radius 1 is 1.35 bits per heavy atom. The molecular formula is C15H16BrFN2O. The van der Waals surface area contributed by atoms with Crippen molar-refractivity contribution in [3.63, 3.8) is 0 Å². The van der Waals surface area contributed by atoms with E-state index in [0.29, 0.717) is 23.1 Å². The Kier molecular flexibility index (Phi) is 4.73. The fourth-order valence-electron chi connectivity index (χ4n) is 1.87. The molecule has 5 heteroatoms. The van der Waals surface area contributed by atoms with Crippen molar-refractivity contribution < 1.29 is 9.13 Å². The van der Waals surface area contributed by atoms with Gasteiger partial charge in [0.15, 0.2) is 0 Å². The lowest BCUT2D eigenvalue weighted by atomic mass is 10.0. The lowest BCUT2D eigenvalue weighted by Gasteiger charge is -2.15. The zero-order valence-corrected chi connectivity index (χ0v) is 12.9. The Hall–Kier alpha value is -1.46. The number of benzene rings is 1. The van der Waals surface area contributed by atoms with Gasteiger partial charge in [-0.1, -0.05) is 29.8 Å². The fourth-order valence-corrected chi connectivity index (χ4v) is 2.25. The van der Waals surface area contributed by atoms with E-state index >= 15 is 0 Å². The van der Waals surface area contributed by atoms with E-state index in [1.54, 1.807) is 0 Å². The number of pyridine rings is 1. The minimum atomic E-state index is -0.419. The number of hydrogen-bond acceptors (Lipinski definition) is 3. The van der Waals surface area contributed by atoms with Gasteiger partial charge < -0.3 is 10.5 Å². The Morgan fingerprint density at radius 2 is 2.10 bits per heavy atom. The van der Waals surface area contributed by atoms with E-state index in [1.807, 2.05) is 18.2 Å². The normalized spacial score (nSPS) is 10.9. The Morgan fingerprint density at radius 3 is 2.75 bits per heavy atom.